The number of hydrogen-bond donors (Lipinski definition) is 1. The first kappa shape index (κ1) is 10.1. The zero-order valence-corrected chi connectivity index (χ0v) is 9.72. The lowest BCUT2D eigenvalue weighted by Gasteiger charge is -2.24. The molecule has 2 heteroatoms. The second kappa shape index (κ2) is 4.06. The Morgan fingerprint density at radius 2 is 1.65 bits per heavy atom. The van der Waals surface area contributed by atoms with Gasteiger partial charge < -0.3 is 5.32 Å². The Morgan fingerprint density at radius 1 is 0.941 bits per heavy atom. The molecule has 3 rings (SSSR count). The van der Waals surface area contributed by atoms with Gasteiger partial charge in [0.15, 0.2) is 0 Å². The molecule has 1 atom stereocenters. The molecule has 84 valence electrons. The SMILES string of the molecule is CC1=NC(c2ccccc2)c2ccccc2N1. The fourth-order valence-corrected chi connectivity index (χ4v) is 2.23. The van der Waals surface area contributed by atoms with Crippen molar-refractivity contribution in [2.75, 3.05) is 5.32 Å². The van der Waals surface area contributed by atoms with E-state index >= 15 is 0 Å². The molecule has 1 N–H and O–H groups in total. The summed E-state index contributed by atoms with van der Waals surface area (Å²) in [5.41, 5.74) is 3.64. The molecule has 0 spiro atoms. The third-order valence-corrected chi connectivity index (χ3v) is 3.01. The predicted molar refractivity (Wildman–Crippen MR) is 71.5 cm³/mol. The summed E-state index contributed by atoms with van der Waals surface area (Å²) >= 11 is 0. The molecule has 1 aliphatic rings. The van der Waals surface area contributed by atoms with E-state index < -0.39 is 0 Å². The highest BCUT2D eigenvalue weighted by Crippen LogP contribution is 2.34. The minimum absolute atomic E-state index is 0.119. The Morgan fingerprint density at radius 3 is 2.47 bits per heavy atom. The number of nitrogens with one attached hydrogen (secondary N) is 1. The molecule has 0 fully saturated rings. The van der Waals surface area contributed by atoms with E-state index in [2.05, 4.69) is 47.8 Å². The predicted octanol–water partition coefficient (Wildman–Crippen LogP) is 3.62. The highest BCUT2D eigenvalue weighted by atomic mass is 15.0. The van der Waals surface area contributed by atoms with Gasteiger partial charge in [0, 0.05) is 11.3 Å². The summed E-state index contributed by atoms with van der Waals surface area (Å²) in [4.78, 5) is 4.70. The van der Waals surface area contributed by atoms with Gasteiger partial charge in [-0.2, -0.15) is 0 Å². The van der Waals surface area contributed by atoms with E-state index in [0.717, 1.165) is 11.5 Å². The molecule has 0 aliphatic carbocycles. The highest BCUT2D eigenvalue weighted by molar-refractivity contribution is 5.96. The van der Waals surface area contributed by atoms with Crippen LogP contribution in [-0.2, 0) is 0 Å². The van der Waals surface area contributed by atoms with Crippen LogP contribution in [0.1, 0.15) is 24.1 Å². The maximum absolute atomic E-state index is 4.70. The van der Waals surface area contributed by atoms with Gasteiger partial charge in [-0.1, -0.05) is 48.5 Å². The van der Waals surface area contributed by atoms with Crippen LogP contribution in [-0.4, -0.2) is 5.84 Å². The number of rotatable bonds is 1. The first-order chi connectivity index (χ1) is 8.34. The standard InChI is InChI=1S/C15H14N2/c1-11-16-14-10-6-5-9-13(14)15(17-11)12-7-3-2-4-8-12/h2-10,15H,1H3,(H,16,17). The lowest BCUT2D eigenvalue weighted by Crippen LogP contribution is -2.18. The average molecular weight is 222 g/mol. The fraction of sp³-hybridized carbons (Fsp3) is 0.133. The number of aliphatic imine (C=N–C) groups is 1. The zero-order valence-electron chi connectivity index (χ0n) is 9.72. The smallest absolute Gasteiger partial charge is 0.104 e. The molecular formula is C15H14N2. The summed E-state index contributed by atoms with van der Waals surface area (Å²) in [5, 5.41) is 3.31. The molecule has 0 radical (unpaired) electrons. The summed E-state index contributed by atoms with van der Waals surface area (Å²) in [6.45, 7) is 2.01. The maximum Gasteiger partial charge on any atom is 0.104 e. The molecule has 1 heterocycles. The monoisotopic (exact) mass is 222 g/mol. The molecule has 0 saturated heterocycles. The van der Waals surface area contributed by atoms with Crippen LogP contribution in [0.25, 0.3) is 0 Å². The van der Waals surface area contributed by atoms with Crippen molar-refractivity contribution >= 4 is 11.5 Å². The first-order valence-corrected chi connectivity index (χ1v) is 5.80. The van der Waals surface area contributed by atoms with Gasteiger partial charge in [-0.05, 0) is 18.6 Å². The number of amidine groups is 1. The minimum atomic E-state index is 0.119. The minimum Gasteiger partial charge on any atom is -0.344 e. The third-order valence-electron chi connectivity index (χ3n) is 3.01. The van der Waals surface area contributed by atoms with Crippen LogP contribution in [0, 0.1) is 0 Å². The van der Waals surface area contributed by atoms with E-state index in [9.17, 15) is 0 Å². The highest BCUT2D eigenvalue weighted by Gasteiger charge is 2.20. The average Bonchev–Trinajstić information content (AvgIpc) is 2.39. The summed E-state index contributed by atoms with van der Waals surface area (Å²) in [5.74, 6) is 0.970. The van der Waals surface area contributed by atoms with Gasteiger partial charge >= 0.3 is 0 Å². The van der Waals surface area contributed by atoms with Gasteiger partial charge in [0.05, 0.1) is 5.84 Å². The summed E-state index contributed by atoms with van der Waals surface area (Å²) < 4.78 is 0. The molecule has 0 amide bonds. The molecule has 1 aliphatic heterocycles. The quantitative estimate of drug-likeness (QED) is 0.783. The number of anilines is 1. The van der Waals surface area contributed by atoms with Gasteiger partial charge in [0.1, 0.15) is 6.04 Å². The number of para-hydroxylation sites is 1. The van der Waals surface area contributed by atoms with Crippen LogP contribution in [0.3, 0.4) is 0 Å². The van der Waals surface area contributed by atoms with E-state index in [0.29, 0.717) is 0 Å². The number of benzene rings is 2. The normalized spacial score (nSPS) is 17.9. The first-order valence-electron chi connectivity index (χ1n) is 5.80. The Labute approximate surface area is 101 Å². The molecule has 0 aromatic heterocycles. The van der Waals surface area contributed by atoms with Crippen molar-refractivity contribution in [2.45, 2.75) is 13.0 Å². The maximum atomic E-state index is 4.70. The van der Waals surface area contributed by atoms with Crippen LogP contribution >= 0.6 is 0 Å². The van der Waals surface area contributed by atoms with Crippen LogP contribution in [0.5, 0.6) is 0 Å². The summed E-state index contributed by atoms with van der Waals surface area (Å²) in [6.07, 6.45) is 0. The molecular weight excluding hydrogens is 208 g/mol. The van der Waals surface area contributed by atoms with Gasteiger partial charge in [-0.25, -0.2) is 0 Å². The Balaban J connectivity index is 2.12. The molecule has 0 bridgehead atoms. The van der Waals surface area contributed by atoms with Crippen LogP contribution in [0.4, 0.5) is 5.69 Å². The molecule has 2 nitrogen and oxygen atoms in total. The molecule has 1 unspecified atom stereocenters. The van der Waals surface area contributed by atoms with Crippen molar-refractivity contribution in [3.8, 4) is 0 Å². The summed E-state index contributed by atoms with van der Waals surface area (Å²) in [7, 11) is 0. The van der Waals surface area contributed by atoms with Crippen LogP contribution in [0.15, 0.2) is 59.6 Å². The Bertz CT molecular complexity index is 558. The zero-order chi connectivity index (χ0) is 11.7. The van der Waals surface area contributed by atoms with Crippen molar-refractivity contribution in [1.29, 1.82) is 0 Å². The van der Waals surface area contributed by atoms with Crippen molar-refractivity contribution in [1.82, 2.24) is 0 Å². The Hall–Kier alpha value is -2.09. The van der Waals surface area contributed by atoms with E-state index in [1.54, 1.807) is 0 Å². The van der Waals surface area contributed by atoms with Gasteiger partial charge in [-0.3, -0.25) is 4.99 Å². The lowest BCUT2D eigenvalue weighted by molar-refractivity contribution is 0.861. The molecule has 2 aromatic carbocycles. The van der Waals surface area contributed by atoms with E-state index in [4.69, 9.17) is 4.99 Å². The second-order valence-corrected chi connectivity index (χ2v) is 4.24. The topological polar surface area (TPSA) is 24.4 Å². The second-order valence-electron chi connectivity index (χ2n) is 4.24. The fourth-order valence-electron chi connectivity index (χ4n) is 2.23. The molecule has 2 aromatic rings. The largest absolute Gasteiger partial charge is 0.344 e. The molecule has 17 heavy (non-hydrogen) atoms. The van der Waals surface area contributed by atoms with Crippen molar-refractivity contribution < 1.29 is 0 Å². The number of hydrogen-bond acceptors (Lipinski definition) is 2. The van der Waals surface area contributed by atoms with E-state index in [1.807, 2.05) is 19.1 Å². The Kier molecular flexibility index (Phi) is 2.41. The van der Waals surface area contributed by atoms with Gasteiger partial charge in [0.25, 0.3) is 0 Å². The van der Waals surface area contributed by atoms with Crippen molar-refractivity contribution in [3.05, 3.63) is 65.7 Å². The van der Waals surface area contributed by atoms with E-state index in [-0.39, 0.29) is 6.04 Å². The third kappa shape index (κ3) is 1.82. The van der Waals surface area contributed by atoms with Gasteiger partial charge in [0.2, 0.25) is 0 Å². The van der Waals surface area contributed by atoms with Crippen LogP contribution in [0.2, 0.25) is 0 Å². The van der Waals surface area contributed by atoms with Gasteiger partial charge in [-0.15, -0.1) is 0 Å². The number of fused-ring (bicyclic) bond motifs is 1. The lowest BCUT2D eigenvalue weighted by atomic mass is 9.96. The van der Waals surface area contributed by atoms with Crippen molar-refractivity contribution in [2.24, 2.45) is 4.99 Å². The van der Waals surface area contributed by atoms with E-state index in [1.165, 1.54) is 11.1 Å². The number of nitrogens with zero attached hydrogens (tertiary/aromatic N) is 1. The summed E-state index contributed by atoms with van der Waals surface area (Å²) in [6, 6.07) is 18.9. The van der Waals surface area contributed by atoms with Crippen molar-refractivity contribution in [3.63, 3.8) is 0 Å². The molecule has 0 saturated carbocycles. The van der Waals surface area contributed by atoms with Crippen LogP contribution < -0.4 is 5.32 Å².